The zero-order valence-electron chi connectivity index (χ0n) is 25.7. The summed E-state index contributed by atoms with van der Waals surface area (Å²) in [5.41, 5.74) is 8.04. The number of phenols is 2. The number of thioether (sulfide) groups is 1. The number of carboxylic acid groups (broad SMARTS) is 2. The molecule has 5 rings (SSSR count). The van der Waals surface area contributed by atoms with Gasteiger partial charge in [-0.05, 0) is 36.2 Å². The van der Waals surface area contributed by atoms with Crippen LogP contribution >= 0.6 is 11.8 Å². The van der Waals surface area contributed by atoms with Crippen molar-refractivity contribution < 1.29 is 53.9 Å². The molecule has 0 aliphatic carbocycles. The Morgan fingerprint density at radius 1 is 0.939 bits per heavy atom. The quantitative estimate of drug-likeness (QED) is 0.0986. The third kappa shape index (κ3) is 7.93. The molecular formula is C33H32N4O11S. The Labute approximate surface area is 283 Å². The second-order valence-electron chi connectivity index (χ2n) is 11.4. The van der Waals surface area contributed by atoms with Crippen molar-refractivity contribution in [3.8, 4) is 23.0 Å². The number of hydrogen-bond donors (Lipinski definition) is 7. The van der Waals surface area contributed by atoms with Crippen LogP contribution in [-0.2, 0) is 28.8 Å². The average Bonchev–Trinajstić information content (AvgIpc) is 3.34. The Balaban J connectivity index is 1.29. The summed E-state index contributed by atoms with van der Waals surface area (Å²) < 4.78 is 5.94. The lowest BCUT2D eigenvalue weighted by Gasteiger charge is -2.29. The molecule has 15 nitrogen and oxygen atoms in total. The van der Waals surface area contributed by atoms with Crippen LogP contribution in [0.3, 0.4) is 0 Å². The number of carboxylic acids is 2. The molecule has 8 N–H and O–H groups in total. The molecule has 1 fully saturated rings. The van der Waals surface area contributed by atoms with E-state index in [0.717, 1.165) is 33.4 Å². The van der Waals surface area contributed by atoms with Crippen LogP contribution in [0.2, 0.25) is 0 Å². The van der Waals surface area contributed by atoms with E-state index in [4.69, 9.17) is 20.7 Å². The summed E-state index contributed by atoms with van der Waals surface area (Å²) in [5, 5.41) is 41.6. The normalized spacial score (nSPS) is 16.6. The van der Waals surface area contributed by atoms with Crippen molar-refractivity contribution in [3.63, 3.8) is 0 Å². The topological polar surface area (TPSA) is 246 Å². The Bertz CT molecular complexity index is 1760. The molecule has 49 heavy (non-hydrogen) atoms. The fraction of sp³-hybridized carbons (Fsp3) is 0.273. The summed E-state index contributed by atoms with van der Waals surface area (Å²) in [6.07, 6.45) is -0.715. The van der Waals surface area contributed by atoms with E-state index in [1.165, 1.54) is 24.3 Å². The highest BCUT2D eigenvalue weighted by atomic mass is 32.2. The molecular weight excluding hydrogens is 660 g/mol. The molecule has 0 radical (unpaired) electrons. The molecule has 0 spiro atoms. The van der Waals surface area contributed by atoms with Crippen LogP contribution in [0.4, 0.5) is 5.69 Å². The van der Waals surface area contributed by atoms with E-state index in [-0.39, 0.29) is 42.4 Å². The number of fused-ring (bicyclic) bond motifs is 2. The van der Waals surface area contributed by atoms with Crippen molar-refractivity contribution in [1.29, 1.82) is 0 Å². The predicted octanol–water partition coefficient (Wildman–Crippen LogP) is 1.63. The molecule has 2 aliphatic rings. The van der Waals surface area contributed by atoms with Gasteiger partial charge in [0.15, 0.2) is 0 Å². The first-order valence-corrected chi connectivity index (χ1v) is 16.1. The van der Waals surface area contributed by atoms with Crippen molar-refractivity contribution in [2.45, 2.75) is 42.5 Å². The monoisotopic (exact) mass is 692 g/mol. The van der Waals surface area contributed by atoms with E-state index in [1.54, 1.807) is 36.4 Å². The number of ether oxygens (including phenoxy) is 1. The third-order valence-electron chi connectivity index (χ3n) is 7.96. The average molecular weight is 693 g/mol. The molecule has 3 aromatic rings. The summed E-state index contributed by atoms with van der Waals surface area (Å²) in [7, 11) is 0. The number of carbonyl (C=O) groups excluding carboxylic acids is 4. The Kier molecular flexibility index (Phi) is 10.4. The third-order valence-corrected chi connectivity index (χ3v) is 9.25. The number of anilines is 1. The number of carbonyl (C=O) groups is 6. The van der Waals surface area contributed by atoms with Gasteiger partial charge < -0.3 is 41.5 Å². The molecule has 16 heteroatoms. The van der Waals surface area contributed by atoms with Gasteiger partial charge in [0.25, 0.3) is 0 Å². The van der Waals surface area contributed by atoms with Gasteiger partial charge in [0.05, 0.1) is 10.9 Å². The van der Waals surface area contributed by atoms with Gasteiger partial charge >= 0.3 is 11.9 Å². The zero-order chi connectivity index (χ0) is 35.4. The summed E-state index contributed by atoms with van der Waals surface area (Å²) in [5.74, 6) is -4.91. The number of aliphatic carboxylic acids is 2. The van der Waals surface area contributed by atoms with E-state index in [0.29, 0.717) is 17.2 Å². The van der Waals surface area contributed by atoms with Gasteiger partial charge in [0, 0.05) is 47.8 Å². The largest absolute Gasteiger partial charge is 0.508 e. The van der Waals surface area contributed by atoms with E-state index >= 15 is 0 Å². The first-order chi connectivity index (χ1) is 23.3. The molecule has 3 atom stereocenters. The lowest BCUT2D eigenvalue weighted by molar-refractivity contribution is -0.139. The summed E-state index contributed by atoms with van der Waals surface area (Å²) >= 11 is 0.940. The van der Waals surface area contributed by atoms with Crippen LogP contribution in [-0.4, -0.2) is 85.6 Å². The number of phenolic OH excluding ortho intramolecular Hbond substituents is 2. The maximum atomic E-state index is 13.4. The molecule has 0 saturated carbocycles. The number of aromatic hydroxyl groups is 2. The highest BCUT2D eigenvalue weighted by Gasteiger charge is 2.41. The molecule has 1 saturated heterocycles. The first-order valence-electron chi connectivity index (χ1n) is 15.0. The Morgan fingerprint density at radius 3 is 2.12 bits per heavy atom. The van der Waals surface area contributed by atoms with E-state index < -0.39 is 59.4 Å². The smallest absolute Gasteiger partial charge is 0.322 e. The highest BCUT2D eigenvalue weighted by molar-refractivity contribution is 8.00. The second-order valence-corrected chi connectivity index (χ2v) is 12.6. The number of imide groups is 1. The summed E-state index contributed by atoms with van der Waals surface area (Å²) in [4.78, 5) is 74.6. The number of rotatable bonds is 13. The molecule has 4 amide bonds. The SMILES string of the molecule is NC(CCC(=O)NC(CSC1CC(=O)N(c2ccc(C3c4ccc(O)cc4Oc4cc(O)ccc43)cc2)C1=O)C(=O)NCC(=O)O)C(=O)O. The highest BCUT2D eigenvalue weighted by Crippen LogP contribution is 2.49. The van der Waals surface area contributed by atoms with Gasteiger partial charge in [0.2, 0.25) is 23.6 Å². The van der Waals surface area contributed by atoms with Gasteiger partial charge in [-0.15, -0.1) is 11.8 Å². The first kappa shape index (κ1) is 34.7. The minimum Gasteiger partial charge on any atom is -0.508 e. The van der Waals surface area contributed by atoms with Crippen LogP contribution in [0.1, 0.15) is 41.9 Å². The van der Waals surface area contributed by atoms with Gasteiger partial charge in [-0.1, -0.05) is 24.3 Å². The van der Waals surface area contributed by atoms with Crippen molar-refractivity contribution in [2.75, 3.05) is 17.2 Å². The van der Waals surface area contributed by atoms with Crippen molar-refractivity contribution in [3.05, 3.63) is 77.4 Å². The van der Waals surface area contributed by atoms with Gasteiger partial charge in [-0.2, -0.15) is 0 Å². The molecule has 256 valence electrons. The lowest BCUT2D eigenvalue weighted by Crippen LogP contribution is -2.50. The molecule has 2 heterocycles. The number of nitrogens with zero attached hydrogens (tertiary/aromatic N) is 1. The molecule has 3 unspecified atom stereocenters. The van der Waals surface area contributed by atoms with Crippen LogP contribution < -0.4 is 26.0 Å². The molecule has 2 aliphatic heterocycles. The van der Waals surface area contributed by atoms with Crippen LogP contribution in [0.25, 0.3) is 0 Å². The van der Waals surface area contributed by atoms with Crippen LogP contribution in [0.15, 0.2) is 60.7 Å². The van der Waals surface area contributed by atoms with E-state index in [1.807, 2.05) is 0 Å². The predicted molar refractivity (Wildman–Crippen MR) is 174 cm³/mol. The maximum Gasteiger partial charge on any atom is 0.322 e. The van der Waals surface area contributed by atoms with Crippen molar-refractivity contribution >= 4 is 53.0 Å². The minimum atomic E-state index is -1.32. The lowest BCUT2D eigenvalue weighted by atomic mass is 9.82. The number of benzene rings is 3. The van der Waals surface area contributed by atoms with Gasteiger partial charge in [-0.25, -0.2) is 4.90 Å². The summed E-state index contributed by atoms with van der Waals surface area (Å²) in [6, 6.07) is 13.7. The standard InChI is InChI=1S/C33H32N4O11S/c34-22(33(46)47)9-10-27(40)36-23(31(44)35-14-29(42)43)15-49-26-13-28(41)37(32(26)45)17-3-1-16(2-4-17)30-20-7-5-18(38)11-24(20)48-25-12-19(39)6-8-21(25)30/h1-8,11-12,22-23,26,30,38-39H,9-10,13-15,34H2,(H,35,44)(H,36,40)(H,42,43)(H,46,47). The van der Waals surface area contributed by atoms with Crippen LogP contribution in [0, 0.1) is 0 Å². The number of amides is 4. The zero-order valence-corrected chi connectivity index (χ0v) is 26.5. The molecule has 3 aromatic carbocycles. The van der Waals surface area contributed by atoms with Crippen molar-refractivity contribution in [1.82, 2.24) is 10.6 Å². The van der Waals surface area contributed by atoms with E-state index in [2.05, 4.69) is 10.6 Å². The number of nitrogens with two attached hydrogens (primary N) is 1. The second kappa shape index (κ2) is 14.7. The Hall–Kier alpha value is -5.61. The molecule has 0 bridgehead atoms. The number of hydrogen-bond acceptors (Lipinski definition) is 11. The van der Waals surface area contributed by atoms with Gasteiger partial charge in [-0.3, -0.25) is 28.8 Å². The maximum absolute atomic E-state index is 13.4. The fourth-order valence-electron chi connectivity index (χ4n) is 5.52. The minimum absolute atomic E-state index is 0.00463. The Morgan fingerprint density at radius 2 is 1.55 bits per heavy atom. The van der Waals surface area contributed by atoms with E-state index in [9.17, 15) is 39.0 Å². The summed E-state index contributed by atoms with van der Waals surface area (Å²) in [6.45, 7) is -0.722. The van der Waals surface area contributed by atoms with Crippen molar-refractivity contribution in [2.24, 2.45) is 5.73 Å². The van der Waals surface area contributed by atoms with Crippen LogP contribution in [0.5, 0.6) is 23.0 Å². The molecule has 0 aromatic heterocycles. The van der Waals surface area contributed by atoms with Gasteiger partial charge in [0.1, 0.15) is 41.6 Å². The number of nitrogens with one attached hydrogen (secondary N) is 2. The fourth-order valence-corrected chi connectivity index (χ4v) is 6.69.